The molecule has 0 bridgehead atoms. The van der Waals surface area contributed by atoms with E-state index in [9.17, 15) is 0 Å². The van der Waals surface area contributed by atoms with Crippen molar-refractivity contribution in [3.05, 3.63) is 24.3 Å². The highest BCUT2D eigenvalue weighted by atomic mass is 16.5. The Bertz CT molecular complexity index is 208. The van der Waals surface area contributed by atoms with Crippen LogP contribution in [0.25, 0.3) is 0 Å². The van der Waals surface area contributed by atoms with Crippen molar-refractivity contribution in [2.75, 3.05) is 13.7 Å². The first-order valence-electron chi connectivity index (χ1n) is 4.34. The minimum Gasteiger partial charge on any atom is -0.382 e. The molecule has 0 aromatic carbocycles. The topological polar surface area (TPSA) is 21.6 Å². The number of ether oxygens (including phenoxy) is 1. The molecule has 0 saturated heterocycles. The van der Waals surface area contributed by atoms with Gasteiger partial charge in [0.05, 0.1) is 12.6 Å². The van der Waals surface area contributed by atoms with Crippen LogP contribution in [0.4, 0.5) is 0 Å². The molecular formula is C11H19NO. The highest BCUT2D eigenvalue weighted by molar-refractivity contribution is 5.29. The molecule has 2 nitrogen and oxygen atoms in total. The van der Waals surface area contributed by atoms with E-state index in [2.05, 4.69) is 31.8 Å². The summed E-state index contributed by atoms with van der Waals surface area (Å²) in [5, 5.41) is 0. The van der Waals surface area contributed by atoms with Crippen LogP contribution < -0.4 is 0 Å². The predicted octanol–water partition coefficient (Wildman–Crippen LogP) is 2.47. The Balaban J connectivity index is 4.35. The van der Waals surface area contributed by atoms with Gasteiger partial charge in [-0.1, -0.05) is 25.7 Å². The smallest absolute Gasteiger partial charge is 0.0791 e. The standard InChI is InChI=1S/C11H19NO/c1-8(2)9(3)10(4)11(12-5)7-13-6/h10-11H,1,3,5,7H2,2,4,6H3. The van der Waals surface area contributed by atoms with E-state index in [-0.39, 0.29) is 12.0 Å². The van der Waals surface area contributed by atoms with Crippen molar-refractivity contribution in [1.82, 2.24) is 0 Å². The van der Waals surface area contributed by atoms with E-state index in [4.69, 9.17) is 4.74 Å². The first kappa shape index (κ1) is 12.1. The molecule has 0 saturated carbocycles. The summed E-state index contributed by atoms with van der Waals surface area (Å²) in [6.07, 6.45) is 0. The van der Waals surface area contributed by atoms with Gasteiger partial charge < -0.3 is 4.74 Å². The summed E-state index contributed by atoms with van der Waals surface area (Å²) in [4.78, 5) is 4.00. The van der Waals surface area contributed by atoms with Crippen LogP contribution in [-0.2, 0) is 4.74 Å². The highest BCUT2D eigenvalue weighted by Crippen LogP contribution is 2.21. The van der Waals surface area contributed by atoms with Gasteiger partial charge in [0, 0.05) is 13.0 Å². The summed E-state index contributed by atoms with van der Waals surface area (Å²) >= 11 is 0. The first-order valence-corrected chi connectivity index (χ1v) is 4.34. The third-order valence-electron chi connectivity index (χ3n) is 2.25. The third-order valence-corrected chi connectivity index (χ3v) is 2.25. The molecule has 0 aliphatic rings. The molecule has 2 heteroatoms. The SMILES string of the molecule is C=NC(COC)C(C)C(=C)C(=C)C. The van der Waals surface area contributed by atoms with Gasteiger partial charge >= 0.3 is 0 Å². The van der Waals surface area contributed by atoms with Crippen LogP contribution in [0, 0.1) is 5.92 Å². The molecule has 13 heavy (non-hydrogen) atoms. The molecule has 74 valence electrons. The van der Waals surface area contributed by atoms with E-state index in [1.807, 2.05) is 6.92 Å². The number of methoxy groups -OCH3 is 1. The molecular weight excluding hydrogens is 162 g/mol. The lowest BCUT2D eigenvalue weighted by molar-refractivity contribution is 0.168. The van der Waals surface area contributed by atoms with E-state index in [0.29, 0.717) is 6.61 Å². The fourth-order valence-corrected chi connectivity index (χ4v) is 1.15. The normalized spacial score (nSPS) is 14.7. The molecule has 0 aliphatic carbocycles. The van der Waals surface area contributed by atoms with Gasteiger partial charge in [-0.3, -0.25) is 4.99 Å². The van der Waals surface area contributed by atoms with Crippen molar-refractivity contribution in [1.29, 1.82) is 0 Å². The van der Waals surface area contributed by atoms with Crippen molar-refractivity contribution in [3.8, 4) is 0 Å². The van der Waals surface area contributed by atoms with Crippen LogP contribution in [0.15, 0.2) is 29.3 Å². The predicted molar refractivity (Wildman–Crippen MR) is 58.3 cm³/mol. The second-order valence-corrected chi connectivity index (χ2v) is 3.30. The number of hydrogen-bond acceptors (Lipinski definition) is 2. The van der Waals surface area contributed by atoms with Crippen molar-refractivity contribution < 1.29 is 4.74 Å². The minimum absolute atomic E-state index is 0.0780. The van der Waals surface area contributed by atoms with Crippen molar-refractivity contribution in [2.45, 2.75) is 19.9 Å². The third kappa shape index (κ3) is 3.55. The Kier molecular flexibility index (Phi) is 5.31. The lowest BCUT2D eigenvalue weighted by Gasteiger charge is -2.21. The van der Waals surface area contributed by atoms with Crippen LogP contribution in [0.5, 0.6) is 0 Å². The molecule has 0 aromatic heterocycles. The maximum absolute atomic E-state index is 5.04. The second-order valence-electron chi connectivity index (χ2n) is 3.30. The molecule has 2 atom stereocenters. The molecule has 0 spiro atoms. The van der Waals surface area contributed by atoms with Crippen molar-refractivity contribution in [2.24, 2.45) is 10.9 Å². The van der Waals surface area contributed by atoms with E-state index in [1.54, 1.807) is 7.11 Å². The molecule has 0 aromatic rings. The fourth-order valence-electron chi connectivity index (χ4n) is 1.15. The lowest BCUT2D eigenvalue weighted by atomic mass is 9.91. The Morgan fingerprint density at radius 3 is 2.31 bits per heavy atom. The summed E-state index contributed by atoms with van der Waals surface area (Å²) in [5.74, 6) is 0.245. The summed E-state index contributed by atoms with van der Waals surface area (Å²) in [6, 6.07) is 0.0780. The van der Waals surface area contributed by atoms with Crippen LogP contribution >= 0.6 is 0 Å². The van der Waals surface area contributed by atoms with E-state index >= 15 is 0 Å². The fraction of sp³-hybridized carbons (Fsp3) is 0.545. The monoisotopic (exact) mass is 181 g/mol. The van der Waals surface area contributed by atoms with Crippen molar-refractivity contribution in [3.63, 3.8) is 0 Å². The van der Waals surface area contributed by atoms with Gasteiger partial charge in [-0.25, -0.2) is 0 Å². The van der Waals surface area contributed by atoms with Crippen LogP contribution in [0.1, 0.15) is 13.8 Å². The second kappa shape index (κ2) is 5.70. The number of rotatable bonds is 6. The Hall–Kier alpha value is -0.890. The van der Waals surface area contributed by atoms with Gasteiger partial charge in [-0.15, -0.1) is 0 Å². The van der Waals surface area contributed by atoms with E-state index < -0.39 is 0 Å². The van der Waals surface area contributed by atoms with Gasteiger partial charge in [0.2, 0.25) is 0 Å². The maximum atomic E-state index is 5.04. The molecule has 0 fully saturated rings. The van der Waals surface area contributed by atoms with Crippen LogP contribution in [-0.4, -0.2) is 26.5 Å². The molecule has 0 aliphatic heterocycles. The van der Waals surface area contributed by atoms with Crippen LogP contribution in [0.3, 0.4) is 0 Å². The molecule has 0 amide bonds. The molecule has 0 radical (unpaired) electrons. The van der Waals surface area contributed by atoms with E-state index in [0.717, 1.165) is 11.1 Å². The molecule has 0 heterocycles. The van der Waals surface area contributed by atoms with Gasteiger partial charge in [0.25, 0.3) is 0 Å². The molecule has 0 N–H and O–H groups in total. The number of hydrogen-bond donors (Lipinski definition) is 0. The van der Waals surface area contributed by atoms with Gasteiger partial charge in [0.15, 0.2) is 0 Å². The summed E-state index contributed by atoms with van der Waals surface area (Å²) in [6.45, 7) is 15.9. The maximum Gasteiger partial charge on any atom is 0.0791 e. The number of nitrogens with zero attached hydrogens (tertiary/aromatic N) is 1. The highest BCUT2D eigenvalue weighted by Gasteiger charge is 2.18. The van der Waals surface area contributed by atoms with Crippen molar-refractivity contribution >= 4 is 6.72 Å². The number of allylic oxidation sites excluding steroid dienone is 1. The molecule has 0 rings (SSSR count). The minimum atomic E-state index is 0.0780. The Labute approximate surface area is 81.0 Å². The largest absolute Gasteiger partial charge is 0.382 e. The Morgan fingerprint density at radius 2 is 2.00 bits per heavy atom. The summed E-state index contributed by atoms with van der Waals surface area (Å²) in [7, 11) is 1.66. The zero-order chi connectivity index (χ0) is 10.4. The van der Waals surface area contributed by atoms with Gasteiger partial charge in [-0.2, -0.15) is 0 Å². The summed E-state index contributed by atoms with van der Waals surface area (Å²) < 4.78 is 5.04. The average molecular weight is 181 g/mol. The van der Waals surface area contributed by atoms with Gasteiger partial charge in [0.1, 0.15) is 0 Å². The summed E-state index contributed by atoms with van der Waals surface area (Å²) in [5.41, 5.74) is 2.02. The van der Waals surface area contributed by atoms with E-state index in [1.165, 1.54) is 0 Å². The zero-order valence-electron chi connectivity index (χ0n) is 8.84. The quantitative estimate of drug-likeness (QED) is 0.455. The zero-order valence-corrected chi connectivity index (χ0v) is 8.84. The van der Waals surface area contributed by atoms with Gasteiger partial charge in [-0.05, 0) is 19.2 Å². The van der Waals surface area contributed by atoms with Crippen LogP contribution in [0.2, 0.25) is 0 Å². The lowest BCUT2D eigenvalue weighted by Crippen LogP contribution is -2.22. The molecule has 2 unspecified atom stereocenters. The Morgan fingerprint density at radius 1 is 1.46 bits per heavy atom. The number of aliphatic imine (C=N–C) groups is 1. The average Bonchev–Trinajstić information content (AvgIpc) is 2.11. The first-order chi connectivity index (χ1) is 6.04.